The quantitative estimate of drug-likeness (QED) is 0.760. The second kappa shape index (κ2) is 6.30. The number of nitrogens with zero attached hydrogens (tertiary/aromatic N) is 1. The molecule has 5 nitrogen and oxygen atoms in total. The number of carbonyl (C=O) groups excluding carboxylic acids is 1. The molecule has 2 rings (SSSR count). The minimum atomic E-state index is -0.964. The molecule has 7 heteroatoms. The third-order valence-electron chi connectivity index (χ3n) is 2.95. The predicted octanol–water partition coefficient (Wildman–Crippen LogP) is 3.04. The number of carbonyl (C=O) groups is 1. The summed E-state index contributed by atoms with van der Waals surface area (Å²) in [6.07, 6.45) is 0. The minimum Gasteiger partial charge on any atom is -0.386 e. The zero-order valence-corrected chi connectivity index (χ0v) is 12.0. The van der Waals surface area contributed by atoms with Crippen LogP contribution in [0.1, 0.15) is 23.0 Å². The summed E-state index contributed by atoms with van der Waals surface area (Å²) in [4.78, 5) is 16.2. The fourth-order valence-corrected chi connectivity index (χ4v) is 1.81. The van der Waals surface area contributed by atoms with Crippen molar-refractivity contribution in [3.63, 3.8) is 0 Å². The summed E-state index contributed by atoms with van der Waals surface area (Å²) in [5.41, 5.74) is 0.350. The van der Waals surface area contributed by atoms with Gasteiger partial charge in [-0.1, -0.05) is 6.07 Å². The van der Waals surface area contributed by atoms with Gasteiger partial charge in [-0.2, -0.15) is 0 Å². The number of hydrogen-bond donors (Lipinski definition) is 3. The van der Waals surface area contributed by atoms with E-state index in [0.29, 0.717) is 11.8 Å². The van der Waals surface area contributed by atoms with Crippen LogP contribution in [-0.4, -0.2) is 23.7 Å². The fraction of sp³-hybridized carbons (Fsp3) is 0.133. The molecule has 1 aromatic carbocycles. The molecular weight excluding hydrogens is 290 g/mol. The van der Waals surface area contributed by atoms with E-state index in [-0.39, 0.29) is 22.8 Å². The van der Waals surface area contributed by atoms with Crippen LogP contribution in [0.3, 0.4) is 0 Å². The maximum absolute atomic E-state index is 13.7. The van der Waals surface area contributed by atoms with Gasteiger partial charge in [0, 0.05) is 13.1 Å². The number of halogens is 2. The summed E-state index contributed by atoms with van der Waals surface area (Å²) in [5.74, 6) is -2.31. The molecule has 0 atom stereocenters. The summed E-state index contributed by atoms with van der Waals surface area (Å²) < 4.78 is 27.1. The minimum absolute atomic E-state index is 0.0172. The van der Waals surface area contributed by atoms with E-state index >= 15 is 0 Å². The van der Waals surface area contributed by atoms with Crippen LogP contribution in [0.15, 0.2) is 30.3 Å². The monoisotopic (exact) mass is 304 g/mol. The second-order valence-electron chi connectivity index (χ2n) is 4.55. The van der Waals surface area contributed by atoms with Crippen molar-refractivity contribution in [2.75, 3.05) is 17.7 Å². The smallest absolute Gasteiger partial charge is 0.259 e. The molecule has 0 aliphatic rings. The van der Waals surface area contributed by atoms with Crippen LogP contribution >= 0.6 is 0 Å². The predicted molar refractivity (Wildman–Crippen MR) is 80.6 cm³/mol. The molecule has 114 valence electrons. The Balaban J connectivity index is 2.29. The first-order valence-electron chi connectivity index (χ1n) is 6.43. The van der Waals surface area contributed by atoms with Gasteiger partial charge in [0.15, 0.2) is 0 Å². The zero-order valence-electron chi connectivity index (χ0n) is 12.0. The normalized spacial score (nSPS) is 10.2. The first kappa shape index (κ1) is 15.6. The summed E-state index contributed by atoms with van der Waals surface area (Å²) in [7, 11) is 1.47. The highest BCUT2D eigenvalue weighted by Crippen LogP contribution is 2.20. The van der Waals surface area contributed by atoms with Gasteiger partial charge in [0.2, 0.25) is 0 Å². The highest BCUT2D eigenvalue weighted by atomic mass is 19.1. The molecule has 0 radical (unpaired) electrons. The molecule has 0 unspecified atom stereocenters. The van der Waals surface area contributed by atoms with Crippen molar-refractivity contribution in [1.29, 1.82) is 5.41 Å². The van der Waals surface area contributed by atoms with Crippen molar-refractivity contribution in [1.82, 2.24) is 4.98 Å². The SMILES string of the molecule is CNc1cc(C(=O)Nc2cccc(C(C)=N)n2)c(F)cc1F. The molecule has 0 aliphatic carbocycles. The lowest BCUT2D eigenvalue weighted by atomic mass is 10.1. The van der Waals surface area contributed by atoms with Crippen molar-refractivity contribution in [2.45, 2.75) is 6.92 Å². The maximum atomic E-state index is 13.7. The summed E-state index contributed by atoms with van der Waals surface area (Å²) in [6.45, 7) is 1.56. The van der Waals surface area contributed by atoms with Gasteiger partial charge in [0.1, 0.15) is 17.5 Å². The largest absolute Gasteiger partial charge is 0.386 e. The third-order valence-corrected chi connectivity index (χ3v) is 2.95. The van der Waals surface area contributed by atoms with Crippen LogP contribution in [0.25, 0.3) is 0 Å². The van der Waals surface area contributed by atoms with Gasteiger partial charge in [0.25, 0.3) is 5.91 Å². The van der Waals surface area contributed by atoms with Crippen molar-refractivity contribution in [3.05, 3.63) is 53.2 Å². The van der Waals surface area contributed by atoms with E-state index in [1.807, 2.05) is 0 Å². The van der Waals surface area contributed by atoms with Crippen LogP contribution < -0.4 is 10.6 Å². The molecule has 1 aromatic heterocycles. The second-order valence-corrected chi connectivity index (χ2v) is 4.55. The molecule has 1 heterocycles. The number of rotatable bonds is 4. The van der Waals surface area contributed by atoms with E-state index < -0.39 is 17.5 Å². The lowest BCUT2D eigenvalue weighted by Gasteiger charge is -2.09. The van der Waals surface area contributed by atoms with Gasteiger partial charge < -0.3 is 16.0 Å². The van der Waals surface area contributed by atoms with E-state index in [1.54, 1.807) is 19.1 Å². The Kier molecular flexibility index (Phi) is 4.45. The van der Waals surface area contributed by atoms with Crippen LogP contribution in [-0.2, 0) is 0 Å². The Morgan fingerprint density at radius 3 is 2.59 bits per heavy atom. The standard InChI is InChI=1S/C15H14F2N4O/c1-8(18)12-4-3-5-14(20-12)21-15(22)9-6-13(19-2)11(17)7-10(9)16/h3-7,18-19H,1-2H3,(H,20,21,22). The third kappa shape index (κ3) is 3.25. The molecular formula is C15H14F2N4O. The lowest BCUT2D eigenvalue weighted by molar-refractivity contribution is 0.102. The van der Waals surface area contributed by atoms with Gasteiger partial charge in [-0.25, -0.2) is 13.8 Å². The number of amides is 1. The van der Waals surface area contributed by atoms with Crippen molar-refractivity contribution < 1.29 is 13.6 Å². The fourth-order valence-electron chi connectivity index (χ4n) is 1.81. The molecule has 0 spiro atoms. The number of aromatic nitrogens is 1. The van der Waals surface area contributed by atoms with E-state index in [1.165, 1.54) is 13.1 Å². The first-order chi connectivity index (χ1) is 10.4. The molecule has 22 heavy (non-hydrogen) atoms. The lowest BCUT2D eigenvalue weighted by Crippen LogP contribution is -2.16. The number of anilines is 2. The molecule has 0 aliphatic heterocycles. The van der Waals surface area contributed by atoms with Gasteiger partial charge in [-0.15, -0.1) is 0 Å². The van der Waals surface area contributed by atoms with Crippen LogP contribution in [0.5, 0.6) is 0 Å². The van der Waals surface area contributed by atoms with Crippen LogP contribution in [0, 0.1) is 17.0 Å². The van der Waals surface area contributed by atoms with E-state index in [0.717, 1.165) is 6.07 Å². The van der Waals surface area contributed by atoms with Crippen molar-refractivity contribution >= 4 is 23.1 Å². The highest BCUT2D eigenvalue weighted by molar-refractivity contribution is 6.05. The number of nitrogens with one attached hydrogen (secondary N) is 3. The Hall–Kier alpha value is -2.83. The number of pyridine rings is 1. The van der Waals surface area contributed by atoms with Crippen LogP contribution in [0.2, 0.25) is 0 Å². The average molecular weight is 304 g/mol. The Morgan fingerprint density at radius 2 is 1.95 bits per heavy atom. The number of benzene rings is 1. The van der Waals surface area contributed by atoms with Crippen molar-refractivity contribution in [2.24, 2.45) is 0 Å². The first-order valence-corrected chi connectivity index (χ1v) is 6.43. The molecule has 2 aromatic rings. The number of hydrogen-bond acceptors (Lipinski definition) is 4. The summed E-state index contributed by atoms with van der Waals surface area (Å²) >= 11 is 0. The van der Waals surface area contributed by atoms with E-state index in [9.17, 15) is 13.6 Å². The molecule has 3 N–H and O–H groups in total. The molecule has 0 fully saturated rings. The van der Waals surface area contributed by atoms with Gasteiger partial charge >= 0.3 is 0 Å². The summed E-state index contributed by atoms with van der Waals surface area (Å²) in [6, 6.07) is 6.49. The van der Waals surface area contributed by atoms with E-state index in [2.05, 4.69) is 15.6 Å². The maximum Gasteiger partial charge on any atom is 0.259 e. The Labute approximate surface area is 125 Å². The van der Waals surface area contributed by atoms with Gasteiger partial charge in [-0.05, 0) is 25.1 Å². The molecule has 1 amide bonds. The molecule has 0 saturated carbocycles. The van der Waals surface area contributed by atoms with Crippen molar-refractivity contribution in [3.8, 4) is 0 Å². The van der Waals surface area contributed by atoms with Gasteiger partial charge in [0.05, 0.1) is 22.7 Å². The summed E-state index contributed by atoms with van der Waals surface area (Å²) in [5, 5.41) is 12.5. The Bertz CT molecular complexity index is 746. The van der Waals surface area contributed by atoms with Crippen LogP contribution in [0.4, 0.5) is 20.3 Å². The zero-order chi connectivity index (χ0) is 16.3. The van der Waals surface area contributed by atoms with Gasteiger partial charge in [-0.3, -0.25) is 4.79 Å². The highest BCUT2D eigenvalue weighted by Gasteiger charge is 2.16. The Morgan fingerprint density at radius 1 is 1.23 bits per heavy atom. The molecule has 0 saturated heterocycles. The molecule has 0 bridgehead atoms. The van der Waals surface area contributed by atoms with E-state index in [4.69, 9.17) is 5.41 Å². The average Bonchev–Trinajstić information content (AvgIpc) is 2.47. The topological polar surface area (TPSA) is 77.9 Å².